The first-order valence-electron chi connectivity index (χ1n) is 9.70. The molecule has 0 saturated heterocycles. The van der Waals surface area contributed by atoms with Crippen LogP contribution in [0.25, 0.3) is 33.3 Å². The summed E-state index contributed by atoms with van der Waals surface area (Å²) in [5.41, 5.74) is 3.06. The summed E-state index contributed by atoms with van der Waals surface area (Å²) >= 11 is 0. The van der Waals surface area contributed by atoms with Crippen LogP contribution in [0, 0.1) is 5.82 Å². The number of amides is 1. The van der Waals surface area contributed by atoms with Crippen LogP contribution in [-0.4, -0.2) is 43.2 Å². The van der Waals surface area contributed by atoms with Gasteiger partial charge < -0.3 is 25.3 Å². The maximum Gasteiger partial charge on any atom is 0.252 e. The fourth-order valence-corrected chi connectivity index (χ4v) is 3.73. The van der Waals surface area contributed by atoms with Crippen LogP contribution >= 0.6 is 0 Å². The number of aryl methyl sites for hydroxylation is 1. The molecule has 1 fully saturated rings. The highest BCUT2D eigenvalue weighted by atomic mass is 19.1. The Bertz CT molecular complexity index is 1300. The molecular formula is C21H21FN6O2. The third-order valence-electron chi connectivity index (χ3n) is 5.54. The lowest BCUT2D eigenvalue weighted by Gasteiger charge is -2.10. The number of anilines is 1. The maximum absolute atomic E-state index is 14.3. The normalized spacial score (nSPS) is 14.9. The van der Waals surface area contributed by atoms with E-state index in [9.17, 15) is 14.3 Å². The first-order valence-corrected chi connectivity index (χ1v) is 9.70. The number of fused-ring (bicyclic) bond motifs is 3. The first kappa shape index (κ1) is 18.6. The summed E-state index contributed by atoms with van der Waals surface area (Å²) in [6, 6.07) is 6.55. The van der Waals surface area contributed by atoms with Crippen LogP contribution < -0.4 is 10.6 Å². The lowest BCUT2D eigenvalue weighted by atomic mass is 10.1. The number of halogens is 1. The topological polar surface area (TPSA) is 108 Å². The number of pyridine rings is 1. The minimum absolute atomic E-state index is 0.139. The molecule has 4 N–H and O–H groups in total. The molecule has 3 heterocycles. The van der Waals surface area contributed by atoms with E-state index in [4.69, 9.17) is 0 Å². The number of hydrogen-bond acceptors (Lipinski definition) is 5. The predicted molar refractivity (Wildman–Crippen MR) is 111 cm³/mol. The highest BCUT2D eigenvalue weighted by molar-refractivity contribution is 6.07. The molecule has 8 nitrogen and oxygen atoms in total. The molecular weight excluding hydrogens is 387 g/mol. The molecule has 9 heteroatoms. The summed E-state index contributed by atoms with van der Waals surface area (Å²) < 4.78 is 16.2. The zero-order chi connectivity index (χ0) is 21.0. The van der Waals surface area contributed by atoms with Crippen molar-refractivity contribution >= 4 is 33.8 Å². The number of hydrogen-bond donors (Lipinski definition) is 4. The van der Waals surface area contributed by atoms with Crippen molar-refractivity contribution in [3.8, 4) is 11.3 Å². The molecule has 1 saturated carbocycles. The molecule has 1 aliphatic carbocycles. The van der Waals surface area contributed by atoms with Crippen LogP contribution in [0.4, 0.5) is 10.2 Å². The summed E-state index contributed by atoms with van der Waals surface area (Å²) in [6.45, 7) is 0.139. The Hall–Kier alpha value is -3.46. The average Bonchev–Trinajstić information content (AvgIpc) is 3.16. The van der Waals surface area contributed by atoms with Crippen LogP contribution in [0.5, 0.6) is 0 Å². The van der Waals surface area contributed by atoms with E-state index >= 15 is 0 Å². The molecule has 154 valence electrons. The minimum Gasteiger partial charge on any atom is -0.380 e. The Labute approximate surface area is 171 Å². The van der Waals surface area contributed by atoms with E-state index in [-0.39, 0.29) is 6.54 Å². The van der Waals surface area contributed by atoms with Gasteiger partial charge in [0.2, 0.25) is 0 Å². The molecule has 0 aliphatic heterocycles. The molecule has 5 rings (SSSR count). The summed E-state index contributed by atoms with van der Waals surface area (Å²) in [6.07, 6.45) is 2.66. The van der Waals surface area contributed by atoms with Gasteiger partial charge in [-0.2, -0.15) is 0 Å². The third kappa shape index (κ3) is 2.98. The quantitative estimate of drug-likeness (QED) is 0.406. The standard InChI is InChI=1S/C21H21FN6O2/c1-23-19-16-17(28(2)10-25-16)14-8-15(26-18(14)27-19)12-5-11(6-13(22)7-12)9-24-20(29)21(30)3-4-21/h5-8,10,30H,3-4,9H2,1-2H3,(H,24,29)(H2,23,26,27). The monoisotopic (exact) mass is 408 g/mol. The van der Waals surface area contributed by atoms with E-state index in [0.717, 1.165) is 16.4 Å². The second-order valence-electron chi connectivity index (χ2n) is 7.77. The SMILES string of the molecule is CNc1nc2[nH]c(-c3cc(F)cc(CNC(=O)C4(O)CC4)c3)cc2c2c1ncn2C. The second-order valence-corrected chi connectivity index (χ2v) is 7.77. The molecule has 1 aliphatic rings. The van der Waals surface area contributed by atoms with Crippen molar-refractivity contribution in [2.75, 3.05) is 12.4 Å². The van der Waals surface area contributed by atoms with Gasteiger partial charge in [0.05, 0.1) is 11.8 Å². The summed E-state index contributed by atoms with van der Waals surface area (Å²) in [4.78, 5) is 24.2. The van der Waals surface area contributed by atoms with Crippen molar-refractivity contribution in [2.24, 2.45) is 7.05 Å². The highest BCUT2D eigenvalue weighted by Crippen LogP contribution is 2.35. The average molecular weight is 408 g/mol. The number of aliphatic hydroxyl groups is 1. The molecule has 3 aromatic heterocycles. The van der Waals surface area contributed by atoms with Gasteiger partial charge in [-0.1, -0.05) is 0 Å². The number of carbonyl (C=O) groups is 1. The number of aromatic amines is 1. The number of benzene rings is 1. The molecule has 0 unspecified atom stereocenters. The van der Waals surface area contributed by atoms with Gasteiger partial charge in [0.25, 0.3) is 5.91 Å². The summed E-state index contributed by atoms with van der Waals surface area (Å²) in [5, 5.41) is 16.5. The smallest absolute Gasteiger partial charge is 0.252 e. The lowest BCUT2D eigenvalue weighted by Crippen LogP contribution is -2.35. The van der Waals surface area contributed by atoms with Crippen LogP contribution in [-0.2, 0) is 18.4 Å². The van der Waals surface area contributed by atoms with Gasteiger partial charge in [-0.15, -0.1) is 0 Å². The number of rotatable bonds is 5. The fourth-order valence-electron chi connectivity index (χ4n) is 3.73. The number of H-pyrrole nitrogens is 1. The molecule has 0 radical (unpaired) electrons. The molecule has 30 heavy (non-hydrogen) atoms. The minimum atomic E-state index is -1.25. The summed E-state index contributed by atoms with van der Waals surface area (Å²) in [7, 11) is 3.70. The third-order valence-corrected chi connectivity index (χ3v) is 5.54. The van der Waals surface area contributed by atoms with Crippen molar-refractivity contribution in [1.82, 2.24) is 24.8 Å². The molecule has 0 bridgehead atoms. The van der Waals surface area contributed by atoms with Crippen LogP contribution in [0.1, 0.15) is 18.4 Å². The molecule has 1 amide bonds. The van der Waals surface area contributed by atoms with Crippen LogP contribution in [0.2, 0.25) is 0 Å². The van der Waals surface area contributed by atoms with Crippen molar-refractivity contribution in [1.29, 1.82) is 0 Å². The van der Waals surface area contributed by atoms with E-state index < -0.39 is 17.3 Å². The number of nitrogens with one attached hydrogen (secondary N) is 3. The number of nitrogens with zero attached hydrogens (tertiary/aromatic N) is 3. The van der Waals surface area contributed by atoms with E-state index in [1.54, 1.807) is 13.4 Å². The second kappa shape index (κ2) is 6.53. The number of imidazole rings is 1. The molecule has 0 spiro atoms. The Morgan fingerprint density at radius 1 is 1.33 bits per heavy atom. The Kier molecular flexibility index (Phi) is 4.04. The number of aromatic nitrogens is 4. The van der Waals surface area contributed by atoms with E-state index in [2.05, 4.69) is 25.6 Å². The molecule has 1 aromatic carbocycles. The lowest BCUT2D eigenvalue weighted by molar-refractivity contribution is -0.131. The van der Waals surface area contributed by atoms with Crippen molar-refractivity contribution in [3.05, 3.63) is 42.0 Å². The zero-order valence-corrected chi connectivity index (χ0v) is 16.6. The largest absolute Gasteiger partial charge is 0.380 e. The summed E-state index contributed by atoms with van der Waals surface area (Å²) in [5.74, 6) is -0.163. The van der Waals surface area contributed by atoms with Gasteiger partial charge in [0.15, 0.2) is 5.82 Å². The van der Waals surface area contributed by atoms with Gasteiger partial charge in [0, 0.05) is 37.3 Å². The number of carbonyl (C=O) groups excluding carboxylic acids is 1. The molecule has 4 aromatic rings. The van der Waals surface area contributed by atoms with Crippen molar-refractivity contribution < 1.29 is 14.3 Å². The van der Waals surface area contributed by atoms with E-state index in [1.165, 1.54) is 12.1 Å². The van der Waals surface area contributed by atoms with Crippen molar-refractivity contribution in [3.63, 3.8) is 0 Å². The van der Waals surface area contributed by atoms with Gasteiger partial charge >= 0.3 is 0 Å². The zero-order valence-electron chi connectivity index (χ0n) is 16.6. The van der Waals surface area contributed by atoms with Crippen LogP contribution in [0.15, 0.2) is 30.6 Å². The highest BCUT2D eigenvalue weighted by Gasteiger charge is 2.47. The van der Waals surface area contributed by atoms with Gasteiger partial charge in [0.1, 0.15) is 22.6 Å². The Morgan fingerprint density at radius 2 is 2.13 bits per heavy atom. The Morgan fingerprint density at radius 3 is 2.87 bits per heavy atom. The predicted octanol–water partition coefficient (Wildman–Crippen LogP) is 2.44. The van der Waals surface area contributed by atoms with Crippen molar-refractivity contribution in [2.45, 2.75) is 25.0 Å². The van der Waals surface area contributed by atoms with Gasteiger partial charge in [-0.25, -0.2) is 14.4 Å². The first-order chi connectivity index (χ1) is 14.4. The maximum atomic E-state index is 14.3. The van der Waals surface area contributed by atoms with E-state index in [1.807, 2.05) is 23.7 Å². The Balaban J connectivity index is 1.53. The molecule has 0 atom stereocenters. The van der Waals surface area contributed by atoms with Gasteiger partial charge in [-0.3, -0.25) is 4.79 Å². The van der Waals surface area contributed by atoms with E-state index in [0.29, 0.717) is 41.1 Å². The van der Waals surface area contributed by atoms with Crippen LogP contribution in [0.3, 0.4) is 0 Å². The van der Waals surface area contributed by atoms with Gasteiger partial charge in [-0.05, 0) is 42.7 Å². The fraction of sp³-hybridized carbons (Fsp3) is 0.286.